The number of amides is 2. The summed E-state index contributed by atoms with van der Waals surface area (Å²) < 4.78 is 11.6. The first-order valence-electron chi connectivity index (χ1n) is 12.7. The summed E-state index contributed by atoms with van der Waals surface area (Å²) in [7, 11) is 0. The molecule has 34 heavy (non-hydrogen) atoms. The number of morpholine rings is 1. The lowest BCUT2D eigenvalue weighted by atomic mass is 9.75. The Morgan fingerprint density at radius 1 is 1.03 bits per heavy atom. The molecule has 7 nitrogen and oxygen atoms in total. The highest BCUT2D eigenvalue weighted by molar-refractivity contribution is 6.30. The lowest BCUT2D eigenvalue weighted by molar-refractivity contribution is -0.141. The van der Waals surface area contributed by atoms with Crippen molar-refractivity contribution in [2.24, 2.45) is 11.3 Å². The van der Waals surface area contributed by atoms with Crippen molar-refractivity contribution in [1.29, 1.82) is 0 Å². The second kappa shape index (κ2) is 11.7. The maximum atomic E-state index is 13.1. The summed E-state index contributed by atoms with van der Waals surface area (Å²) in [6.45, 7) is 9.04. The van der Waals surface area contributed by atoms with Gasteiger partial charge in [0, 0.05) is 43.0 Å². The van der Waals surface area contributed by atoms with Gasteiger partial charge in [0.1, 0.15) is 5.75 Å². The number of rotatable bonds is 7. The van der Waals surface area contributed by atoms with Crippen LogP contribution >= 0.6 is 11.6 Å². The molecule has 8 heteroatoms. The van der Waals surface area contributed by atoms with Gasteiger partial charge in [-0.15, -0.1) is 0 Å². The zero-order valence-electron chi connectivity index (χ0n) is 20.3. The molecular formula is C26H38ClN3O4. The van der Waals surface area contributed by atoms with Crippen LogP contribution in [0.5, 0.6) is 5.75 Å². The van der Waals surface area contributed by atoms with Gasteiger partial charge in [0.05, 0.1) is 26.4 Å². The molecule has 0 radical (unpaired) electrons. The Morgan fingerprint density at radius 2 is 1.71 bits per heavy atom. The van der Waals surface area contributed by atoms with Gasteiger partial charge in [-0.1, -0.05) is 24.6 Å². The number of nitrogens with zero attached hydrogens (tertiary/aromatic N) is 3. The fraction of sp³-hybridized carbons (Fsp3) is 0.692. The first kappa shape index (κ1) is 25.3. The molecular weight excluding hydrogens is 454 g/mol. The van der Waals surface area contributed by atoms with Crippen molar-refractivity contribution in [1.82, 2.24) is 14.7 Å². The zero-order valence-corrected chi connectivity index (χ0v) is 21.1. The van der Waals surface area contributed by atoms with Gasteiger partial charge in [0.15, 0.2) is 0 Å². The number of hydrogen-bond donors (Lipinski definition) is 0. The van der Waals surface area contributed by atoms with Crippen LogP contribution in [0.2, 0.25) is 5.02 Å². The summed E-state index contributed by atoms with van der Waals surface area (Å²) in [5, 5.41) is 0.628. The normalized spacial score (nSPS) is 21.9. The first-order chi connectivity index (χ1) is 16.4. The Hall–Kier alpha value is -1.83. The molecule has 0 unspecified atom stereocenters. The molecule has 0 aliphatic carbocycles. The molecule has 3 aliphatic heterocycles. The molecule has 1 aromatic rings. The second-order valence-electron chi connectivity index (χ2n) is 10.3. The molecule has 188 valence electrons. The molecule has 0 N–H and O–H groups in total. The van der Waals surface area contributed by atoms with E-state index in [0.29, 0.717) is 69.7 Å². The average Bonchev–Trinajstić information content (AvgIpc) is 2.85. The third-order valence-electron chi connectivity index (χ3n) is 7.64. The Bertz CT molecular complexity index is 829. The fourth-order valence-electron chi connectivity index (χ4n) is 5.15. The van der Waals surface area contributed by atoms with Gasteiger partial charge in [-0.05, 0) is 62.9 Å². The van der Waals surface area contributed by atoms with E-state index in [9.17, 15) is 9.59 Å². The molecule has 2 amide bonds. The van der Waals surface area contributed by atoms with Gasteiger partial charge in [-0.25, -0.2) is 0 Å². The minimum atomic E-state index is -0.297. The van der Waals surface area contributed by atoms with Crippen molar-refractivity contribution < 1.29 is 19.1 Å². The highest BCUT2D eigenvalue weighted by atomic mass is 35.5. The number of likely N-dealkylation sites (tertiary alicyclic amines) is 2. The van der Waals surface area contributed by atoms with Gasteiger partial charge in [-0.2, -0.15) is 0 Å². The number of ether oxygens (including phenoxy) is 2. The Kier molecular flexibility index (Phi) is 8.72. The number of carbonyl (C=O) groups excluding carboxylic acids is 2. The summed E-state index contributed by atoms with van der Waals surface area (Å²) in [5.41, 5.74) is -0.297. The maximum Gasteiger partial charge on any atom is 0.236 e. The third-order valence-corrected chi connectivity index (χ3v) is 7.88. The van der Waals surface area contributed by atoms with E-state index in [0.717, 1.165) is 31.8 Å². The van der Waals surface area contributed by atoms with Gasteiger partial charge < -0.3 is 19.3 Å². The van der Waals surface area contributed by atoms with E-state index in [4.69, 9.17) is 21.1 Å². The number of halogens is 1. The van der Waals surface area contributed by atoms with Crippen molar-refractivity contribution in [3.63, 3.8) is 0 Å². The van der Waals surface area contributed by atoms with Crippen molar-refractivity contribution in [3.8, 4) is 5.75 Å². The van der Waals surface area contributed by atoms with E-state index in [1.54, 1.807) is 6.07 Å². The van der Waals surface area contributed by atoms with Gasteiger partial charge in [0.25, 0.3) is 0 Å². The highest BCUT2D eigenvalue weighted by Gasteiger charge is 2.40. The SMILES string of the molecule is CC1CCN(CC(=O)N2CCC(COc3cccc(Cl)c3)(CC(=O)N3CCOCC3)CC2)CC1. The lowest BCUT2D eigenvalue weighted by Crippen LogP contribution is -2.51. The van der Waals surface area contributed by atoms with Crippen molar-refractivity contribution in [2.45, 2.75) is 39.0 Å². The number of benzene rings is 1. The smallest absolute Gasteiger partial charge is 0.236 e. The molecule has 3 fully saturated rings. The molecule has 0 atom stereocenters. The Labute approximate surface area is 208 Å². The van der Waals surface area contributed by atoms with E-state index in [1.807, 2.05) is 28.0 Å². The van der Waals surface area contributed by atoms with Gasteiger partial charge in [-0.3, -0.25) is 14.5 Å². The standard InChI is InChI=1S/C26H38ClN3O4/c1-21-5-9-28(10-6-21)19-25(32)29-11-7-26(8-12-29,18-24(31)30-13-15-33-16-14-30)20-34-23-4-2-3-22(27)17-23/h2-4,17,21H,5-16,18-20H2,1H3. The van der Waals surface area contributed by atoms with Crippen LogP contribution in [0, 0.1) is 11.3 Å². The highest BCUT2D eigenvalue weighted by Crippen LogP contribution is 2.37. The zero-order chi connectivity index (χ0) is 24.0. The average molecular weight is 492 g/mol. The number of carbonyl (C=O) groups is 2. The number of hydrogen-bond acceptors (Lipinski definition) is 5. The first-order valence-corrected chi connectivity index (χ1v) is 13.0. The van der Waals surface area contributed by atoms with Crippen LogP contribution in [0.3, 0.4) is 0 Å². The molecule has 0 spiro atoms. The van der Waals surface area contributed by atoms with Crippen LogP contribution in [-0.2, 0) is 14.3 Å². The van der Waals surface area contributed by atoms with Crippen LogP contribution in [-0.4, -0.2) is 92.1 Å². The number of piperidine rings is 2. The minimum absolute atomic E-state index is 0.153. The van der Waals surface area contributed by atoms with Crippen LogP contribution in [0.1, 0.15) is 39.0 Å². The predicted molar refractivity (Wildman–Crippen MR) is 132 cm³/mol. The molecule has 0 aromatic heterocycles. The summed E-state index contributed by atoms with van der Waals surface area (Å²) in [6.07, 6.45) is 4.28. The fourth-order valence-corrected chi connectivity index (χ4v) is 5.33. The van der Waals surface area contributed by atoms with E-state index in [1.165, 1.54) is 12.8 Å². The largest absolute Gasteiger partial charge is 0.493 e. The predicted octanol–water partition coefficient (Wildman–Crippen LogP) is 3.31. The van der Waals surface area contributed by atoms with E-state index < -0.39 is 0 Å². The third kappa shape index (κ3) is 6.86. The quantitative estimate of drug-likeness (QED) is 0.585. The molecule has 0 bridgehead atoms. The molecule has 1 aromatic carbocycles. The summed E-state index contributed by atoms with van der Waals surface area (Å²) in [5.74, 6) is 1.83. The minimum Gasteiger partial charge on any atom is -0.493 e. The topological polar surface area (TPSA) is 62.3 Å². The summed E-state index contributed by atoms with van der Waals surface area (Å²) in [4.78, 5) is 32.3. The van der Waals surface area contributed by atoms with Crippen LogP contribution in [0.15, 0.2) is 24.3 Å². The molecule has 3 heterocycles. The monoisotopic (exact) mass is 491 g/mol. The summed E-state index contributed by atoms with van der Waals surface area (Å²) in [6, 6.07) is 7.38. The van der Waals surface area contributed by atoms with Gasteiger partial charge >= 0.3 is 0 Å². The molecule has 0 saturated carbocycles. The Balaban J connectivity index is 1.37. The van der Waals surface area contributed by atoms with Crippen molar-refractivity contribution >= 4 is 23.4 Å². The van der Waals surface area contributed by atoms with Crippen LogP contribution < -0.4 is 4.74 Å². The Morgan fingerprint density at radius 3 is 2.38 bits per heavy atom. The van der Waals surface area contributed by atoms with Gasteiger partial charge in [0.2, 0.25) is 11.8 Å². The van der Waals surface area contributed by atoms with Crippen LogP contribution in [0.25, 0.3) is 0 Å². The molecule has 3 aliphatic rings. The molecule has 3 saturated heterocycles. The van der Waals surface area contributed by atoms with Crippen molar-refractivity contribution in [3.05, 3.63) is 29.3 Å². The van der Waals surface area contributed by atoms with Crippen LogP contribution in [0.4, 0.5) is 0 Å². The molecule has 4 rings (SSSR count). The summed E-state index contributed by atoms with van der Waals surface area (Å²) >= 11 is 6.13. The van der Waals surface area contributed by atoms with E-state index in [-0.39, 0.29) is 17.2 Å². The maximum absolute atomic E-state index is 13.1. The second-order valence-corrected chi connectivity index (χ2v) is 10.7. The van der Waals surface area contributed by atoms with Crippen molar-refractivity contribution in [2.75, 3.05) is 65.6 Å². The lowest BCUT2D eigenvalue weighted by Gasteiger charge is -2.43. The van der Waals surface area contributed by atoms with E-state index in [2.05, 4.69) is 11.8 Å². The van der Waals surface area contributed by atoms with E-state index >= 15 is 0 Å².